The highest BCUT2D eigenvalue weighted by atomic mass is 16.5. The summed E-state index contributed by atoms with van der Waals surface area (Å²) in [6.07, 6.45) is 2.96. The maximum atomic E-state index is 11.8. The van der Waals surface area contributed by atoms with E-state index in [0.717, 1.165) is 19.4 Å². The lowest BCUT2D eigenvalue weighted by Crippen LogP contribution is -2.37. The van der Waals surface area contributed by atoms with Crippen LogP contribution in [0.15, 0.2) is 0 Å². The van der Waals surface area contributed by atoms with Crippen molar-refractivity contribution in [2.24, 2.45) is 11.8 Å². The molecule has 0 bridgehead atoms. The molecule has 4 heteroatoms. The smallest absolute Gasteiger partial charge is 0.222 e. The number of ether oxygens (including phenoxy) is 1. The van der Waals surface area contributed by atoms with Crippen molar-refractivity contribution in [2.75, 3.05) is 20.2 Å². The minimum Gasteiger partial charge on any atom is -0.378 e. The lowest BCUT2D eigenvalue weighted by Gasteiger charge is -2.35. The van der Waals surface area contributed by atoms with Gasteiger partial charge in [0.05, 0.1) is 18.1 Å². The molecule has 1 rings (SSSR count). The van der Waals surface area contributed by atoms with Crippen molar-refractivity contribution in [2.45, 2.75) is 39.2 Å². The van der Waals surface area contributed by atoms with Gasteiger partial charge in [-0.2, -0.15) is 5.26 Å². The number of rotatable bonds is 6. The molecule has 1 aliphatic carbocycles. The third kappa shape index (κ3) is 4.35. The van der Waals surface area contributed by atoms with Crippen LogP contribution in [0, 0.1) is 23.2 Å². The van der Waals surface area contributed by atoms with Crippen molar-refractivity contribution in [3.05, 3.63) is 0 Å². The Morgan fingerprint density at radius 1 is 1.59 bits per heavy atom. The van der Waals surface area contributed by atoms with Gasteiger partial charge in [0.15, 0.2) is 0 Å². The van der Waals surface area contributed by atoms with Gasteiger partial charge in [-0.05, 0) is 32.6 Å². The third-order valence-corrected chi connectivity index (χ3v) is 3.25. The number of hydrogen-bond acceptors (Lipinski definition) is 3. The molecule has 0 saturated heterocycles. The maximum Gasteiger partial charge on any atom is 0.222 e. The van der Waals surface area contributed by atoms with E-state index in [1.165, 1.54) is 0 Å². The van der Waals surface area contributed by atoms with E-state index in [2.05, 4.69) is 6.07 Å². The quantitative estimate of drug-likeness (QED) is 0.709. The molecule has 96 valence electrons. The van der Waals surface area contributed by atoms with Crippen LogP contribution < -0.4 is 0 Å². The lowest BCUT2D eigenvalue weighted by atomic mass is 9.79. The second-order valence-electron chi connectivity index (χ2n) is 4.92. The highest BCUT2D eigenvalue weighted by Gasteiger charge is 2.31. The second-order valence-corrected chi connectivity index (χ2v) is 4.92. The molecule has 0 aromatic heterocycles. The maximum absolute atomic E-state index is 11.8. The standard InChI is InChI=1S/C13H22N2O2/c1-4-17-12-5-11(6-12)7-13(16)15(3)9-10(2)8-14/h10-12H,4-7,9H2,1-3H3. The Morgan fingerprint density at radius 3 is 2.76 bits per heavy atom. The van der Waals surface area contributed by atoms with Gasteiger partial charge in [0, 0.05) is 26.6 Å². The van der Waals surface area contributed by atoms with E-state index in [9.17, 15) is 4.79 Å². The molecule has 4 nitrogen and oxygen atoms in total. The zero-order valence-electron chi connectivity index (χ0n) is 11.0. The minimum absolute atomic E-state index is 0.0958. The fourth-order valence-electron chi connectivity index (χ4n) is 2.17. The van der Waals surface area contributed by atoms with E-state index in [0.29, 0.717) is 25.0 Å². The molecule has 0 aliphatic heterocycles. The average molecular weight is 238 g/mol. The second kappa shape index (κ2) is 6.61. The van der Waals surface area contributed by atoms with E-state index in [4.69, 9.17) is 10.00 Å². The first kappa shape index (κ1) is 14.0. The third-order valence-electron chi connectivity index (χ3n) is 3.25. The number of amides is 1. The van der Waals surface area contributed by atoms with Crippen LogP contribution in [0.3, 0.4) is 0 Å². The predicted octanol–water partition coefficient (Wildman–Crippen LogP) is 1.81. The summed E-state index contributed by atoms with van der Waals surface area (Å²) in [4.78, 5) is 13.5. The van der Waals surface area contributed by atoms with Gasteiger partial charge in [-0.25, -0.2) is 0 Å². The minimum atomic E-state index is -0.0958. The summed E-state index contributed by atoms with van der Waals surface area (Å²) in [6, 6.07) is 2.14. The summed E-state index contributed by atoms with van der Waals surface area (Å²) in [6.45, 7) is 5.11. The van der Waals surface area contributed by atoms with Crippen LogP contribution in [0.25, 0.3) is 0 Å². The van der Waals surface area contributed by atoms with Gasteiger partial charge in [-0.1, -0.05) is 0 Å². The Kier molecular flexibility index (Phi) is 5.43. The zero-order valence-corrected chi connectivity index (χ0v) is 11.0. The molecule has 1 amide bonds. The van der Waals surface area contributed by atoms with Crippen LogP contribution >= 0.6 is 0 Å². The van der Waals surface area contributed by atoms with E-state index in [1.54, 1.807) is 11.9 Å². The van der Waals surface area contributed by atoms with Gasteiger partial charge >= 0.3 is 0 Å². The Labute approximate surface area is 104 Å². The highest BCUT2D eigenvalue weighted by molar-refractivity contribution is 5.76. The molecular formula is C13H22N2O2. The first-order chi connectivity index (χ1) is 8.06. The molecule has 0 spiro atoms. The van der Waals surface area contributed by atoms with E-state index < -0.39 is 0 Å². The topological polar surface area (TPSA) is 53.3 Å². The number of carbonyl (C=O) groups is 1. The Morgan fingerprint density at radius 2 is 2.24 bits per heavy atom. The summed E-state index contributed by atoms with van der Waals surface area (Å²) in [5.74, 6) is 0.521. The first-order valence-corrected chi connectivity index (χ1v) is 6.32. The highest BCUT2D eigenvalue weighted by Crippen LogP contribution is 2.32. The Balaban J connectivity index is 2.20. The molecule has 0 radical (unpaired) electrons. The largest absolute Gasteiger partial charge is 0.378 e. The van der Waals surface area contributed by atoms with E-state index >= 15 is 0 Å². The Bertz CT molecular complexity index is 292. The van der Waals surface area contributed by atoms with Crippen LogP contribution in [0.4, 0.5) is 0 Å². The van der Waals surface area contributed by atoms with Crippen molar-refractivity contribution in [3.63, 3.8) is 0 Å². The van der Waals surface area contributed by atoms with Crippen LogP contribution in [-0.4, -0.2) is 37.1 Å². The molecule has 0 aromatic carbocycles. The van der Waals surface area contributed by atoms with Crippen molar-refractivity contribution >= 4 is 5.91 Å². The van der Waals surface area contributed by atoms with Crippen LogP contribution in [0.1, 0.15) is 33.1 Å². The van der Waals surface area contributed by atoms with Crippen molar-refractivity contribution in [1.29, 1.82) is 5.26 Å². The van der Waals surface area contributed by atoms with Gasteiger partial charge in [-0.3, -0.25) is 4.79 Å². The van der Waals surface area contributed by atoms with E-state index in [-0.39, 0.29) is 11.8 Å². The van der Waals surface area contributed by atoms with Crippen LogP contribution in [0.5, 0.6) is 0 Å². The van der Waals surface area contributed by atoms with Gasteiger partial charge in [0.1, 0.15) is 0 Å². The molecule has 17 heavy (non-hydrogen) atoms. The normalized spacial score (nSPS) is 24.6. The van der Waals surface area contributed by atoms with Crippen LogP contribution in [0.2, 0.25) is 0 Å². The lowest BCUT2D eigenvalue weighted by molar-refractivity contribution is -0.133. The summed E-state index contributed by atoms with van der Waals surface area (Å²) < 4.78 is 5.46. The summed E-state index contributed by atoms with van der Waals surface area (Å²) >= 11 is 0. The Hall–Kier alpha value is -1.08. The molecule has 0 heterocycles. The SMILES string of the molecule is CCOC1CC(CC(=O)N(C)CC(C)C#N)C1. The van der Waals surface area contributed by atoms with Crippen molar-refractivity contribution in [3.8, 4) is 6.07 Å². The number of hydrogen-bond donors (Lipinski definition) is 0. The first-order valence-electron chi connectivity index (χ1n) is 6.32. The summed E-state index contributed by atoms with van der Waals surface area (Å²) in [5.41, 5.74) is 0. The fourth-order valence-corrected chi connectivity index (χ4v) is 2.17. The monoisotopic (exact) mass is 238 g/mol. The number of nitriles is 1. The number of carbonyl (C=O) groups excluding carboxylic acids is 1. The predicted molar refractivity (Wildman–Crippen MR) is 65.2 cm³/mol. The van der Waals surface area contributed by atoms with Gasteiger partial charge in [-0.15, -0.1) is 0 Å². The molecular weight excluding hydrogens is 216 g/mol. The molecule has 0 aromatic rings. The van der Waals surface area contributed by atoms with Crippen molar-refractivity contribution < 1.29 is 9.53 Å². The van der Waals surface area contributed by atoms with Gasteiger partial charge in [0.25, 0.3) is 0 Å². The van der Waals surface area contributed by atoms with E-state index in [1.807, 2.05) is 13.8 Å². The van der Waals surface area contributed by atoms with Crippen molar-refractivity contribution in [1.82, 2.24) is 4.90 Å². The van der Waals surface area contributed by atoms with Gasteiger partial charge in [0.2, 0.25) is 5.91 Å². The number of nitrogens with zero attached hydrogens (tertiary/aromatic N) is 2. The molecule has 1 aliphatic rings. The molecule has 0 N–H and O–H groups in total. The van der Waals surface area contributed by atoms with Gasteiger partial charge < -0.3 is 9.64 Å². The molecule has 1 fully saturated rings. The summed E-state index contributed by atoms with van der Waals surface area (Å²) in [7, 11) is 1.77. The zero-order chi connectivity index (χ0) is 12.8. The molecule has 1 atom stereocenters. The molecule has 1 unspecified atom stereocenters. The molecule has 1 saturated carbocycles. The fraction of sp³-hybridized carbons (Fsp3) is 0.846. The summed E-state index contributed by atoms with van der Waals surface area (Å²) in [5, 5.41) is 8.69. The van der Waals surface area contributed by atoms with Crippen LogP contribution in [-0.2, 0) is 9.53 Å². The average Bonchev–Trinajstić information content (AvgIpc) is 2.25.